The van der Waals surface area contributed by atoms with Crippen molar-refractivity contribution in [2.75, 3.05) is 12.8 Å². The number of amides is 1. The lowest BCUT2D eigenvalue weighted by atomic mass is 10.2. The Morgan fingerprint density at radius 3 is 2.71 bits per heavy atom. The van der Waals surface area contributed by atoms with Gasteiger partial charge in [-0.2, -0.15) is 0 Å². The number of halogens is 1. The first kappa shape index (κ1) is 15.4. The lowest BCUT2D eigenvalue weighted by Gasteiger charge is -2.20. The fourth-order valence-electron chi connectivity index (χ4n) is 2.28. The molecule has 0 bridgehead atoms. The smallest absolute Gasteiger partial charge is 0.270 e. The second-order valence-corrected chi connectivity index (χ2v) is 5.89. The van der Waals surface area contributed by atoms with E-state index in [1.54, 1.807) is 24.2 Å². The molecule has 112 valence electrons. The van der Waals surface area contributed by atoms with E-state index in [1.807, 2.05) is 42.7 Å². The summed E-state index contributed by atoms with van der Waals surface area (Å²) in [6.07, 6.45) is 1.80. The van der Waals surface area contributed by atoms with Crippen molar-refractivity contribution in [2.45, 2.75) is 26.4 Å². The van der Waals surface area contributed by atoms with Crippen molar-refractivity contribution < 1.29 is 4.79 Å². The van der Waals surface area contributed by atoms with Gasteiger partial charge in [-0.3, -0.25) is 4.79 Å². The molecule has 1 heterocycles. The molecule has 0 aliphatic rings. The van der Waals surface area contributed by atoms with E-state index in [0.29, 0.717) is 22.9 Å². The van der Waals surface area contributed by atoms with E-state index in [0.717, 1.165) is 5.56 Å². The SMILES string of the molecule is CC(C)n1cc(N)cc1C(=O)N(C)Cc1cccc(Cl)c1. The summed E-state index contributed by atoms with van der Waals surface area (Å²) < 4.78 is 1.89. The van der Waals surface area contributed by atoms with E-state index in [4.69, 9.17) is 17.3 Å². The molecule has 1 aromatic heterocycles. The maximum absolute atomic E-state index is 12.6. The highest BCUT2D eigenvalue weighted by atomic mass is 35.5. The first-order chi connectivity index (χ1) is 9.88. The van der Waals surface area contributed by atoms with Gasteiger partial charge in [0, 0.05) is 30.9 Å². The molecule has 4 nitrogen and oxygen atoms in total. The van der Waals surface area contributed by atoms with Crippen LogP contribution in [-0.4, -0.2) is 22.4 Å². The number of nitrogens with two attached hydrogens (primary N) is 1. The molecule has 5 heteroatoms. The number of carbonyl (C=O) groups is 1. The van der Waals surface area contributed by atoms with Crippen LogP contribution in [-0.2, 0) is 6.54 Å². The molecule has 0 radical (unpaired) electrons. The first-order valence-corrected chi connectivity index (χ1v) is 7.23. The molecule has 0 unspecified atom stereocenters. The normalized spacial score (nSPS) is 10.9. The van der Waals surface area contributed by atoms with Crippen LogP contribution >= 0.6 is 11.6 Å². The van der Waals surface area contributed by atoms with Gasteiger partial charge in [0.05, 0.1) is 5.69 Å². The Morgan fingerprint density at radius 1 is 1.38 bits per heavy atom. The van der Waals surface area contributed by atoms with E-state index < -0.39 is 0 Å². The molecule has 2 aromatic rings. The molecule has 1 amide bonds. The van der Waals surface area contributed by atoms with Crippen LogP contribution in [0.3, 0.4) is 0 Å². The summed E-state index contributed by atoms with van der Waals surface area (Å²) in [6, 6.07) is 9.41. The third kappa shape index (κ3) is 3.58. The molecule has 2 N–H and O–H groups in total. The molecule has 0 saturated carbocycles. The van der Waals surface area contributed by atoms with Crippen LogP contribution in [0.2, 0.25) is 5.02 Å². The summed E-state index contributed by atoms with van der Waals surface area (Å²) in [5, 5.41) is 0.670. The topological polar surface area (TPSA) is 51.3 Å². The Bertz CT molecular complexity index is 649. The molecule has 2 rings (SSSR count). The van der Waals surface area contributed by atoms with Gasteiger partial charge in [-0.05, 0) is 37.6 Å². The molecule has 0 aliphatic heterocycles. The number of nitrogens with zero attached hydrogens (tertiary/aromatic N) is 2. The zero-order valence-corrected chi connectivity index (χ0v) is 13.3. The largest absolute Gasteiger partial charge is 0.397 e. The minimum atomic E-state index is -0.0552. The molecule has 1 aromatic carbocycles. The third-order valence-electron chi connectivity index (χ3n) is 3.30. The monoisotopic (exact) mass is 305 g/mol. The van der Waals surface area contributed by atoms with Gasteiger partial charge < -0.3 is 15.2 Å². The fraction of sp³-hybridized carbons (Fsp3) is 0.312. The molecule has 0 fully saturated rings. The summed E-state index contributed by atoms with van der Waals surface area (Å²) in [4.78, 5) is 14.3. The molecular formula is C16H20ClN3O. The summed E-state index contributed by atoms with van der Waals surface area (Å²) in [7, 11) is 1.77. The van der Waals surface area contributed by atoms with Crippen LogP contribution < -0.4 is 5.73 Å². The zero-order valence-electron chi connectivity index (χ0n) is 12.5. The van der Waals surface area contributed by atoms with Crippen molar-refractivity contribution in [2.24, 2.45) is 0 Å². The van der Waals surface area contributed by atoms with Gasteiger partial charge in [0.15, 0.2) is 0 Å². The summed E-state index contributed by atoms with van der Waals surface area (Å²) in [5.74, 6) is -0.0552. The van der Waals surface area contributed by atoms with Crippen LogP contribution in [0.5, 0.6) is 0 Å². The van der Waals surface area contributed by atoms with E-state index in [2.05, 4.69) is 0 Å². The number of hydrogen-bond acceptors (Lipinski definition) is 2. The Hall–Kier alpha value is -1.94. The number of nitrogen functional groups attached to an aromatic ring is 1. The fourth-order valence-corrected chi connectivity index (χ4v) is 2.49. The van der Waals surface area contributed by atoms with Gasteiger partial charge >= 0.3 is 0 Å². The maximum atomic E-state index is 12.6. The highest BCUT2D eigenvalue weighted by Crippen LogP contribution is 2.19. The Balaban J connectivity index is 2.20. The lowest BCUT2D eigenvalue weighted by Crippen LogP contribution is -2.28. The van der Waals surface area contributed by atoms with Gasteiger partial charge in [0.1, 0.15) is 5.69 Å². The highest BCUT2D eigenvalue weighted by molar-refractivity contribution is 6.30. The molecule has 0 aliphatic carbocycles. The maximum Gasteiger partial charge on any atom is 0.270 e. The predicted molar refractivity (Wildman–Crippen MR) is 86.5 cm³/mol. The van der Waals surface area contributed by atoms with Crippen molar-refractivity contribution in [3.63, 3.8) is 0 Å². The molecular weight excluding hydrogens is 286 g/mol. The second kappa shape index (κ2) is 6.22. The van der Waals surface area contributed by atoms with E-state index >= 15 is 0 Å². The number of carbonyl (C=O) groups excluding carboxylic acids is 1. The Morgan fingerprint density at radius 2 is 2.10 bits per heavy atom. The van der Waals surface area contributed by atoms with Crippen LogP contribution in [0.15, 0.2) is 36.5 Å². The Kier molecular flexibility index (Phi) is 4.58. The van der Waals surface area contributed by atoms with Crippen molar-refractivity contribution in [3.8, 4) is 0 Å². The van der Waals surface area contributed by atoms with Gasteiger partial charge in [-0.25, -0.2) is 0 Å². The molecule has 0 spiro atoms. The summed E-state index contributed by atoms with van der Waals surface area (Å²) in [5.41, 5.74) is 8.02. The third-order valence-corrected chi connectivity index (χ3v) is 3.54. The minimum absolute atomic E-state index is 0.0552. The summed E-state index contributed by atoms with van der Waals surface area (Å²) >= 11 is 5.97. The van der Waals surface area contributed by atoms with Crippen LogP contribution in [0, 0.1) is 0 Å². The number of aromatic nitrogens is 1. The molecule has 0 saturated heterocycles. The number of benzene rings is 1. The number of anilines is 1. The molecule has 0 atom stereocenters. The quantitative estimate of drug-likeness (QED) is 0.938. The lowest BCUT2D eigenvalue weighted by molar-refractivity contribution is 0.0772. The standard InChI is InChI=1S/C16H20ClN3O/c1-11(2)20-10-14(18)8-15(20)16(21)19(3)9-12-5-4-6-13(17)7-12/h4-8,10-11H,9,18H2,1-3H3. The van der Waals surface area contributed by atoms with E-state index in [1.165, 1.54) is 0 Å². The first-order valence-electron chi connectivity index (χ1n) is 6.85. The minimum Gasteiger partial charge on any atom is -0.397 e. The van der Waals surface area contributed by atoms with E-state index in [9.17, 15) is 4.79 Å². The van der Waals surface area contributed by atoms with E-state index in [-0.39, 0.29) is 11.9 Å². The van der Waals surface area contributed by atoms with Crippen LogP contribution in [0.25, 0.3) is 0 Å². The van der Waals surface area contributed by atoms with Gasteiger partial charge in [0.25, 0.3) is 5.91 Å². The zero-order chi connectivity index (χ0) is 15.6. The van der Waals surface area contributed by atoms with Crippen molar-refractivity contribution in [1.29, 1.82) is 0 Å². The second-order valence-electron chi connectivity index (χ2n) is 5.45. The average molecular weight is 306 g/mol. The van der Waals surface area contributed by atoms with Gasteiger partial charge in [-0.15, -0.1) is 0 Å². The van der Waals surface area contributed by atoms with Crippen LogP contribution in [0.4, 0.5) is 5.69 Å². The van der Waals surface area contributed by atoms with Gasteiger partial charge in [0.2, 0.25) is 0 Å². The van der Waals surface area contributed by atoms with Crippen molar-refractivity contribution >= 4 is 23.2 Å². The van der Waals surface area contributed by atoms with Gasteiger partial charge in [-0.1, -0.05) is 23.7 Å². The number of hydrogen-bond donors (Lipinski definition) is 1. The molecule has 21 heavy (non-hydrogen) atoms. The van der Waals surface area contributed by atoms with Crippen molar-refractivity contribution in [1.82, 2.24) is 9.47 Å². The Labute approximate surface area is 130 Å². The average Bonchev–Trinajstić information content (AvgIpc) is 2.80. The van der Waals surface area contributed by atoms with Crippen LogP contribution in [0.1, 0.15) is 35.9 Å². The number of rotatable bonds is 4. The van der Waals surface area contributed by atoms with Crippen molar-refractivity contribution in [3.05, 3.63) is 52.8 Å². The predicted octanol–water partition coefficient (Wildman–Crippen LogP) is 3.58. The highest BCUT2D eigenvalue weighted by Gasteiger charge is 2.18. The summed E-state index contributed by atoms with van der Waals surface area (Å²) in [6.45, 7) is 4.54.